The van der Waals surface area contributed by atoms with Gasteiger partial charge < -0.3 is 16.2 Å². The van der Waals surface area contributed by atoms with Gasteiger partial charge in [0.2, 0.25) is 0 Å². The lowest BCUT2D eigenvalue weighted by Crippen LogP contribution is -2.26. The van der Waals surface area contributed by atoms with Crippen LogP contribution in [0.3, 0.4) is 0 Å². The Labute approximate surface area is 118 Å². The minimum absolute atomic E-state index is 0.0494. The van der Waals surface area contributed by atoms with Crippen LogP contribution >= 0.6 is 0 Å². The largest absolute Gasteiger partial charge is 0.478 e. The Morgan fingerprint density at radius 3 is 2.65 bits per heavy atom. The van der Waals surface area contributed by atoms with E-state index >= 15 is 0 Å². The molecule has 0 aromatic heterocycles. The second kappa shape index (κ2) is 5.69. The number of carboxylic acids is 1. The smallest absolute Gasteiger partial charge is 0.337 e. The lowest BCUT2D eigenvalue weighted by Gasteiger charge is -2.28. The van der Waals surface area contributed by atoms with Gasteiger partial charge in [0, 0.05) is 12.2 Å². The standard InChI is InChI=1S/C15H21FN2O2/c1-2-15(5-3-4-6-15)9-18-13-7-10(14(19)20)12(17)8-11(13)16/h7-8,18H,2-6,9,17H2,1H3,(H,19,20). The zero-order valence-corrected chi connectivity index (χ0v) is 11.7. The number of rotatable bonds is 5. The van der Waals surface area contributed by atoms with E-state index < -0.39 is 11.8 Å². The molecule has 0 radical (unpaired) electrons. The topological polar surface area (TPSA) is 75.3 Å². The molecular weight excluding hydrogens is 259 g/mol. The summed E-state index contributed by atoms with van der Waals surface area (Å²) in [5.41, 5.74) is 5.82. The maximum absolute atomic E-state index is 13.9. The Balaban J connectivity index is 2.17. The van der Waals surface area contributed by atoms with E-state index in [1.807, 2.05) is 0 Å². The molecule has 1 aliphatic rings. The number of aromatic carboxylic acids is 1. The van der Waals surface area contributed by atoms with Crippen LogP contribution in [0.2, 0.25) is 0 Å². The monoisotopic (exact) mass is 280 g/mol. The van der Waals surface area contributed by atoms with Crippen molar-refractivity contribution in [3.63, 3.8) is 0 Å². The number of halogens is 1. The first-order chi connectivity index (χ1) is 9.47. The number of benzene rings is 1. The van der Waals surface area contributed by atoms with Crippen molar-refractivity contribution in [1.82, 2.24) is 0 Å². The van der Waals surface area contributed by atoms with Crippen LogP contribution in [0.5, 0.6) is 0 Å². The van der Waals surface area contributed by atoms with Gasteiger partial charge in [-0.3, -0.25) is 0 Å². The molecule has 20 heavy (non-hydrogen) atoms. The summed E-state index contributed by atoms with van der Waals surface area (Å²) >= 11 is 0. The first-order valence-electron chi connectivity index (χ1n) is 7.03. The number of carbonyl (C=O) groups is 1. The van der Waals surface area contributed by atoms with Gasteiger partial charge >= 0.3 is 5.97 Å². The van der Waals surface area contributed by atoms with Crippen LogP contribution in [0.15, 0.2) is 12.1 Å². The predicted molar refractivity (Wildman–Crippen MR) is 77.5 cm³/mol. The fourth-order valence-electron chi connectivity index (χ4n) is 2.97. The molecular formula is C15H21FN2O2. The van der Waals surface area contributed by atoms with Crippen LogP contribution in [0.25, 0.3) is 0 Å². The van der Waals surface area contributed by atoms with Crippen molar-refractivity contribution >= 4 is 17.3 Å². The molecule has 5 heteroatoms. The van der Waals surface area contributed by atoms with Gasteiger partial charge in [-0.05, 0) is 36.8 Å². The maximum atomic E-state index is 13.9. The molecule has 0 atom stereocenters. The Morgan fingerprint density at radius 2 is 2.10 bits per heavy atom. The first-order valence-corrected chi connectivity index (χ1v) is 7.03. The van der Waals surface area contributed by atoms with Gasteiger partial charge in [0.1, 0.15) is 5.82 Å². The van der Waals surface area contributed by atoms with Gasteiger partial charge in [0.25, 0.3) is 0 Å². The van der Waals surface area contributed by atoms with E-state index in [0.29, 0.717) is 6.54 Å². The van der Waals surface area contributed by atoms with Crippen LogP contribution in [0.4, 0.5) is 15.8 Å². The quantitative estimate of drug-likeness (QED) is 0.722. The average molecular weight is 280 g/mol. The third kappa shape index (κ3) is 2.86. The van der Waals surface area contributed by atoms with Gasteiger partial charge in [0.15, 0.2) is 0 Å². The number of hydrogen-bond donors (Lipinski definition) is 3. The molecule has 4 nitrogen and oxygen atoms in total. The summed E-state index contributed by atoms with van der Waals surface area (Å²) in [5.74, 6) is -1.65. The molecule has 0 saturated heterocycles. The Bertz CT molecular complexity index is 511. The van der Waals surface area contributed by atoms with Crippen LogP contribution in [-0.4, -0.2) is 17.6 Å². The molecule has 4 N–H and O–H groups in total. The lowest BCUT2D eigenvalue weighted by atomic mass is 9.83. The molecule has 1 aromatic carbocycles. The van der Waals surface area contributed by atoms with E-state index in [4.69, 9.17) is 10.8 Å². The zero-order valence-electron chi connectivity index (χ0n) is 11.7. The second-order valence-corrected chi connectivity index (χ2v) is 5.64. The SMILES string of the molecule is CCC1(CNc2cc(C(=O)O)c(N)cc2F)CCCC1. The Morgan fingerprint density at radius 1 is 1.45 bits per heavy atom. The summed E-state index contributed by atoms with van der Waals surface area (Å²) < 4.78 is 13.9. The number of hydrogen-bond acceptors (Lipinski definition) is 3. The number of nitrogen functional groups attached to an aromatic ring is 1. The van der Waals surface area contributed by atoms with Gasteiger partial charge in [-0.25, -0.2) is 9.18 Å². The molecule has 110 valence electrons. The fraction of sp³-hybridized carbons (Fsp3) is 0.533. The Kier molecular flexibility index (Phi) is 4.16. The first kappa shape index (κ1) is 14.6. The molecule has 0 heterocycles. The molecule has 1 aliphatic carbocycles. The van der Waals surface area contributed by atoms with Crippen LogP contribution < -0.4 is 11.1 Å². The van der Waals surface area contributed by atoms with Crippen LogP contribution in [0, 0.1) is 11.2 Å². The molecule has 0 bridgehead atoms. The minimum atomic E-state index is -1.14. The zero-order chi connectivity index (χ0) is 14.8. The number of anilines is 2. The molecule has 0 aliphatic heterocycles. The van der Waals surface area contributed by atoms with Gasteiger partial charge in [0.05, 0.1) is 11.3 Å². The normalized spacial score (nSPS) is 17.1. The van der Waals surface area contributed by atoms with Crippen molar-refractivity contribution in [1.29, 1.82) is 0 Å². The Hall–Kier alpha value is -1.78. The average Bonchev–Trinajstić information content (AvgIpc) is 2.87. The summed E-state index contributed by atoms with van der Waals surface area (Å²) in [5, 5.41) is 12.1. The molecule has 2 rings (SSSR count). The van der Waals surface area contributed by atoms with E-state index in [9.17, 15) is 9.18 Å². The third-order valence-electron chi connectivity index (χ3n) is 4.44. The summed E-state index contributed by atoms with van der Waals surface area (Å²) in [6, 6.07) is 2.35. The molecule has 0 unspecified atom stereocenters. The maximum Gasteiger partial charge on any atom is 0.337 e. The van der Waals surface area contributed by atoms with E-state index in [2.05, 4.69) is 12.2 Å². The fourth-order valence-corrected chi connectivity index (χ4v) is 2.97. The van der Waals surface area contributed by atoms with E-state index in [1.165, 1.54) is 18.9 Å². The van der Waals surface area contributed by atoms with E-state index in [1.54, 1.807) is 0 Å². The molecule has 0 spiro atoms. The molecule has 1 saturated carbocycles. The molecule has 1 fully saturated rings. The van der Waals surface area contributed by atoms with Gasteiger partial charge in [-0.15, -0.1) is 0 Å². The lowest BCUT2D eigenvalue weighted by molar-refractivity contribution is 0.0698. The summed E-state index contributed by atoms with van der Waals surface area (Å²) in [6.45, 7) is 2.82. The van der Waals surface area contributed by atoms with Crippen LogP contribution in [0.1, 0.15) is 49.4 Å². The van der Waals surface area contributed by atoms with Crippen molar-refractivity contribution in [2.75, 3.05) is 17.6 Å². The van der Waals surface area contributed by atoms with Gasteiger partial charge in [-0.2, -0.15) is 0 Å². The van der Waals surface area contributed by atoms with Crippen molar-refractivity contribution in [2.45, 2.75) is 39.0 Å². The highest BCUT2D eigenvalue weighted by molar-refractivity contribution is 5.94. The molecule has 1 aromatic rings. The highest BCUT2D eigenvalue weighted by Gasteiger charge is 2.31. The number of carboxylic acid groups (broad SMARTS) is 1. The van der Waals surface area contributed by atoms with E-state index in [-0.39, 0.29) is 22.4 Å². The van der Waals surface area contributed by atoms with Gasteiger partial charge in [-0.1, -0.05) is 19.8 Å². The second-order valence-electron chi connectivity index (χ2n) is 5.64. The number of nitrogens with one attached hydrogen (secondary N) is 1. The van der Waals surface area contributed by atoms with Crippen molar-refractivity contribution < 1.29 is 14.3 Å². The third-order valence-corrected chi connectivity index (χ3v) is 4.44. The number of nitrogens with two attached hydrogens (primary N) is 1. The molecule has 0 amide bonds. The highest BCUT2D eigenvalue weighted by Crippen LogP contribution is 2.41. The van der Waals surface area contributed by atoms with Crippen LogP contribution in [-0.2, 0) is 0 Å². The van der Waals surface area contributed by atoms with Crippen molar-refractivity contribution in [2.24, 2.45) is 5.41 Å². The summed E-state index contributed by atoms with van der Waals surface area (Å²) in [4.78, 5) is 11.0. The minimum Gasteiger partial charge on any atom is -0.478 e. The van der Waals surface area contributed by atoms with Crippen molar-refractivity contribution in [3.05, 3.63) is 23.5 Å². The highest BCUT2D eigenvalue weighted by atomic mass is 19.1. The predicted octanol–water partition coefficient (Wildman–Crippen LogP) is 3.49. The summed E-state index contributed by atoms with van der Waals surface area (Å²) in [7, 11) is 0. The van der Waals surface area contributed by atoms with E-state index in [0.717, 1.165) is 25.3 Å². The van der Waals surface area contributed by atoms with Crippen molar-refractivity contribution in [3.8, 4) is 0 Å². The summed E-state index contributed by atoms with van der Waals surface area (Å²) in [6.07, 6.45) is 5.74.